The average Bonchev–Trinajstić information content (AvgIpc) is 2.51. The molecule has 0 saturated carbocycles. The van der Waals surface area contributed by atoms with Crippen LogP contribution in [0.4, 0.5) is 16.0 Å². The number of halogens is 1. The number of anilines is 2. The molecule has 1 aromatic carbocycles. The summed E-state index contributed by atoms with van der Waals surface area (Å²) >= 11 is 1.18. The molecular weight excluding hydrogens is 313 g/mol. The highest BCUT2D eigenvalue weighted by atomic mass is 32.2. The molecule has 1 aromatic heterocycles. The van der Waals surface area contributed by atoms with E-state index in [1.807, 2.05) is 0 Å². The van der Waals surface area contributed by atoms with Gasteiger partial charge in [-0.2, -0.15) is 0 Å². The van der Waals surface area contributed by atoms with Gasteiger partial charge in [0, 0.05) is 23.5 Å². The molecule has 5 nitrogen and oxygen atoms in total. The summed E-state index contributed by atoms with van der Waals surface area (Å²) in [7, 11) is 0. The predicted molar refractivity (Wildman–Crippen MR) is 91.0 cm³/mol. The highest BCUT2D eigenvalue weighted by Gasteiger charge is 2.26. The van der Waals surface area contributed by atoms with Crippen LogP contribution in [0.1, 0.15) is 19.8 Å². The largest absolute Gasteiger partial charge is 0.381 e. The van der Waals surface area contributed by atoms with Crippen LogP contribution in [0.3, 0.4) is 0 Å². The maximum atomic E-state index is 13.7. The van der Waals surface area contributed by atoms with E-state index in [9.17, 15) is 4.39 Å². The van der Waals surface area contributed by atoms with Crippen molar-refractivity contribution in [3.8, 4) is 0 Å². The van der Waals surface area contributed by atoms with Gasteiger partial charge in [-0.3, -0.25) is 0 Å². The number of aromatic nitrogens is 2. The molecule has 0 atom stereocenters. The van der Waals surface area contributed by atoms with Crippen LogP contribution in [-0.4, -0.2) is 28.6 Å². The van der Waals surface area contributed by atoms with Crippen molar-refractivity contribution in [1.82, 2.24) is 9.97 Å². The van der Waals surface area contributed by atoms with E-state index in [2.05, 4.69) is 21.8 Å². The predicted octanol–water partition coefficient (Wildman–Crippen LogP) is 2.67. The van der Waals surface area contributed by atoms with Crippen LogP contribution in [0, 0.1) is 5.82 Å². The third-order valence-electron chi connectivity index (χ3n) is 4.02. The Morgan fingerprint density at radius 2 is 1.96 bits per heavy atom. The van der Waals surface area contributed by atoms with Gasteiger partial charge in [0.05, 0.1) is 6.20 Å². The molecule has 0 bridgehead atoms. The molecule has 4 N–H and O–H groups in total. The highest BCUT2D eigenvalue weighted by Crippen LogP contribution is 2.32. The lowest BCUT2D eigenvalue weighted by atomic mass is 9.91. The van der Waals surface area contributed by atoms with Gasteiger partial charge in [0.1, 0.15) is 16.7 Å². The van der Waals surface area contributed by atoms with Gasteiger partial charge in [-0.1, -0.05) is 23.9 Å². The third kappa shape index (κ3) is 3.73. The highest BCUT2D eigenvalue weighted by molar-refractivity contribution is 7.99. The molecule has 7 heteroatoms. The molecule has 1 fully saturated rings. The van der Waals surface area contributed by atoms with Crippen molar-refractivity contribution in [2.24, 2.45) is 5.73 Å². The molecule has 0 spiro atoms. The Morgan fingerprint density at radius 3 is 2.61 bits per heavy atom. The zero-order valence-corrected chi connectivity index (χ0v) is 13.8. The first-order valence-electron chi connectivity index (χ1n) is 7.53. The van der Waals surface area contributed by atoms with Crippen LogP contribution < -0.4 is 16.4 Å². The molecule has 122 valence electrons. The number of nitrogens with zero attached hydrogens (tertiary/aromatic N) is 3. The van der Waals surface area contributed by atoms with E-state index in [0.717, 1.165) is 31.7 Å². The molecular formula is C16H20FN5S. The van der Waals surface area contributed by atoms with Gasteiger partial charge in [-0.25, -0.2) is 14.4 Å². The first-order valence-corrected chi connectivity index (χ1v) is 8.35. The molecule has 2 heterocycles. The lowest BCUT2D eigenvalue weighted by Gasteiger charge is -2.37. The summed E-state index contributed by atoms with van der Waals surface area (Å²) in [6.07, 6.45) is 3.50. The van der Waals surface area contributed by atoms with Crippen LogP contribution >= 0.6 is 11.8 Å². The van der Waals surface area contributed by atoms with Crippen LogP contribution in [0.5, 0.6) is 0 Å². The quantitative estimate of drug-likeness (QED) is 0.899. The fourth-order valence-electron chi connectivity index (χ4n) is 2.49. The van der Waals surface area contributed by atoms with Crippen LogP contribution in [-0.2, 0) is 0 Å². The Kier molecular flexibility index (Phi) is 4.41. The van der Waals surface area contributed by atoms with E-state index < -0.39 is 0 Å². The summed E-state index contributed by atoms with van der Waals surface area (Å²) in [5, 5.41) is 0.513. The van der Waals surface area contributed by atoms with Crippen molar-refractivity contribution in [3.05, 3.63) is 36.3 Å². The van der Waals surface area contributed by atoms with Crippen molar-refractivity contribution >= 4 is 23.4 Å². The number of benzene rings is 1. The summed E-state index contributed by atoms with van der Waals surface area (Å²) in [5.74, 6) is 0.772. The Morgan fingerprint density at radius 1 is 1.26 bits per heavy atom. The van der Waals surface area contributed by atoms with Crippen LogP contribution in [0.2, 0.25) is 0 Å². The Hall–Kier alpha value is -1.86. The number of piperidine rings is 1. The summed E-state index contributed by atoms with van der Waals surface area (Å²) < 4.78 is 13.7. The second-order valence-corrected chi connectivity index (χ2v) is 7.12. The Bertz CT molecular complexity index is 697. The molecule has 0 amide bonds. The second-order valence-electron chi connectivity index (χ2n) is 6.09. The van der Waals surface area contributed by atoms with Crippen molar-refractivity contribution in [2.75, 3.05) is 23.7 Å². The van der Waals surface area contributed by atoms with Gasteiger partial charge in [0.2, 0.25) is 0 Å². The van der Waals surface area contributed by atoms with Gasteiger partial charge < -0.3 is 16.4 Å². The van der Waals surface area contributed by atoms with Gasteiger partial charge >= 0.3 is 0 Å². The summed E-state index contributed by atoms with van der Waals surface area (Å²) in [6, 6.07) is 6.54. The van der Waals surface area contributed by atoms with E-state index >= 15 is 0 Å². The van der Waals surface area contributed by atoms with E-state index in [0.29, 0.717) is 15.7 Å². The average molecular weight is 333 g/mol. The lowest BCUT2D eigenvalue weighted by Crippen LogP contribution is -2.48. The number of rotatable bonds is 3. The van der Waals surface area contributed by atoms with E-state index in [-0.39, 0.29) is 11.4 Å². The minimum absolute atomic E-state index is 0.115. The molecule has 1 aliphatic rings. The van der Waals surface area contributed by atoms with Crippen LogP contribution in [0.25, 0.3) is 0 Å². The third-order valence-corrected chi connectivity index (χ3v) is 5.08. The van der Waals surface area contributed by atoms with Crippen LogP contribution in [0.15, 0.2) is 40.4 Å². The normalized spacial score (nSPS) is 17.3. The van der Waals surface area contributed by atoms with Gasteiger partial charge in [0.15, 0.2) is 5.82 Å². The molecule has 0 aliphatic carbocycles. The first-order chi connectivity index (χ1) is 10.9. The first kappa shape index (κ1) is 16.0. The maximum absolute atomic E-state index is 13.7. The fraction of sp³-hybridized carbons (Fsp3) is 0.375. The SMILES string of the molecule is CC1(N)CCN(c2cnc(Sc3ccccc3F)c(N)n2)CC1. The Balaban J connectivity index is 1.75. The Labute approximate surface area is 139 Å². The smallest absolute Gasteiger partial charge is 0.158 e. The standard InChI is InChI=1S/C16H20FN5S/c1-16(19)6-8-22(9-7-16)13-10-20-15(14(18)21-13)23-12-5-3-2-4-11(12)17/h2-5,10H,6-9,19H2,1H3,(H2,18,21). The molecule has 1 saturated heterocycles. The summed E-state index contributed by atoms with van der Waals surface area (Å²) in [5.41, 5.74) is 12.0. The zero-order chi connectivity index (χ0) is 16.4. The topological polar surface area (TPSA) is 81.1 Å². The van der Waals surface area contributed by atoms with Crippen molar-refractivity contribution in [3.63, 3.8) is 0 Å². The monoisotopic (exact) mass is 333 g/mol. The van der Waals surface area contributed by atoms with E-state index in [4.69, 9.17) is 11.5 Å². The fourth-order valence-corrected chi connectivity index (χ4v) is 3.27. The second kappa shape index (κ2) is 6.33. The van der Waals surface area contributed by atoms with Gasteiger partial charge in [-0.05, 0) is 31.9 Å². The molecule has 23 heavy (non-hydrogen) atoms. The minimum Gasteiger partial charge on any atom is -0.381 e. The number of nitrogens with two attached hydrogens (primary N) is 2. The van der Waals surface area contributed by atoms with Gasteiger partial charge in [0.25, 0.3) is 0 Å². The molecule has 0 radical (unpaired) electrons. The molecule has 3 rings (SSSR count). The van der Waals surface area contributed by atoms with E-state index in [1.165, 1.54) is 17.8 Å². The van der Waals surface area contributed by atoms with E-state index in [1.54, 1.807) is 24.4 Å². The van der Waals surface area contributed by atoms with Crippen molar-refractivity contribution in [1.29, 1.82) is 0 Å². The lowest BCUT2D eigenvalue weighted by molar-refractivity contribution is 0.363. The van der Waals surface area contributed by atoms with Crippen molar-refractivity contribution in [2.45, 2.75) is 35.2 Å². The summed E-state index contributed by atoms with van der Waals surface area (Å²) in [6.45, 7) is 3.74. The van der Waals surface area contributed by atoms with Crippen molar-refractivity contribution < 1.29 is 4.39 Å². The molecule has 0 unspecified atom stereocenters. The van der Waals surface area contributed by atoms with Gasteiger partial charge in [-0.15, -0.1) is 0 Å². The number of hydrogen-bond donors (Lipinski definition) is 2. The molecule has 1 aliphatic heterocycles. The summed E-state index contributed by atoms with van der Waals surface area (Å²) in [4.78, 5) is 11.4. The molecule has 2 aromatic rings. The number of nitrogen functional groups attached to an aromatic ring is 1. The zero-order valence-electron chi connectivity index (χ0n) is 13.0. The minimum atomic E-state index is -0.291. The number of hydrogen-bond acceptors (Lipinski definition) is 6. The maximum Gasteiger partial charge on any atom is 0.158 e.